The van der Waals surface area contributed by atoms with E-state index in [4.69, 9.17) is 0 Å². The normalized spacial score (nSPS) is 25.4. The van der Waals surface area contributed by atoms with Gasteiger partial charge in [-0.05, 0) is 31.9 Å². The fourth-order valence-electron chi connectivity index (χ4n) is 2.45. The summed E-state index contributed by atoms with van der Waals surface area (Å²) in [5.41, 5.74) is 2.41. The Kier molecular flexibility index (Phi) is 3.67. The molecule has 1 aromatic heterocycles. The quantitative estimate of drug-likeness (QED) is 0.849. The third kappa shape index (κ3) is 2.60. The number of nitrogens with zero attached hydrogens (tertiary/aromatic N) is 2. The summed E-state index contributed by atoms with van der Waals surface area (Å²) in [7, 11) is 0. The molecule has 94 valence electrons. The molecule has 1 aromatic rings. The van der Waals surface area contributed by atoms with Crippen molar-refractivity contribution in [1.82, 2.24) is 10.3 Å². The minimum atomic E-state index is 0.535. The van der Waals surface area contributed by atoms with E-state index in [1.165, 1.54) is 5.69 Å². The zero-order valence-electron chi connectivity index (χ0n) is 11.3. The van der Waals surface area contributed by atoms with E-state index in [1.807, 2.05) is 12.3 Å². The Hall–Kier alpha value is -1.09. The standard InChI is InChI=1S/C14H23N3/c1-10(2)13-9-17(11(3)8-16-13)14-6-5-7-15-12(14)4/h5-7,10-11,13,16H,8-9H2,1-4H3. The third-order valence-corrected chi connectivity index (χ3v) is 3.69. The average molecular weight is 233 g/mol. The molecule has 1 saturated heterocycles. The second kappa shape index (κ2) is 5.05. The van der Waals surface area contributed by atoms with Gasteiger partial charge in [0.2, 0.25) is 0 Å². The minimum absolute atomic E-state index is 0.535. The van der Waals surface area contributed by atoms with Crippen molar-refractivity contribution < 1.29 is 0 Å². The van der Waals surface area contributed by atoms with E-state index in [2.05, 4.69) is 49.0 Å². The highest BCUT2D eigenvalue weighted by Gasteiger charge is 2.27. The van der Waals surface area contributed by atoms with Crippen LogP contribution < -0.4 is 10.2 Å². The molecule has 2 heterocycles. The molecular formula is C14H23N3. The minimum Gasteiger partial charge on any atom is -0.365 e. The monoisotopic (exact) mass is 233 g/mol. The number of pyridine rings is 1. The molecule has 1 aliphatic rings. The van der Waals surface area contributed by atoms with E-state index in [0.717, 1.165) is 18.8 Å². The van der Waals surface area contributed by atoms with Crippen molar-refractivity contribution >= 4 is 5.69 Å². The van der Waals surface area contributed by atoms with Crippen LogP contribution in [0, 0.1) is 12.8 Å². The Bertz CT molecular complexity index is 375. The van der Waals surface area contributed by atoms with Crippen LogP contribution in [0.1, 0.15) is 26.5 Å². The highest BCUT2D eigenvalue weighted by molar-refractivity contribution is 5.51. The fourth-order valence-corrected chi connectivity index (χ4v) is 2.45. The van der Waals surface area contributed by atoms with Crippen LogP contribution >= 0.6 is 0 Å². The van der Waals surface area contributed by atoms with E-state index >= 15 is 0 Å². The maximum atomic E-state index is 4.40. The second-order valence-electron chi connectivity index (χ2n) is 5.37. The molecule has 0 bridgehead atoms. The van der Waals surface area contributed by atoms with Crippen LogP contribution in [0.4, 0.5) is 5.69 Å². The first-order valence-electron chi connectivity index (χ1n) is 6.51. The molecule has 0 amide bonds. The number of hydrogen-bond donors (Lipinski definition) is 1. The van der Waals surface area contributed by atoms with Crippen molar-refractivity contribution in [3.63, 3.8) is 0 Å². The van der Waals surface area contributed by atoms with Gasteiger partial charge in [-0.25, -0.2) is 0 Å². The van der Waals surface area contributed by atoms with E-state index in [1.54, 1.807) is 0 Å². The molecule has 0 radical (unpaired) electrons. The SMILES string of the molecule is Cc1ncccc1N1CC(C(C)C)NCC1C. The van der Waals surface area contributed by atoms with Crippen LogP contribution in [0.2, 0.25) is 0 Å². The lowest BCUT2D eigenvalue weighted by atomic mass is 9.99. The summed E-state index contributed by atoms with van der Waals surface area (Å²) in [6.07, 6.45) is 1.87. The number of anilines is 1. The van der Waals surface area contributed by atoms with Crippen molar-refractivity contribution in [1.29, 1.82) is 0 Å². The highest BCUT2D eigenvalue weighted by Crippen LogP contribution is 2.23. The largest absolute Gasteiger partial charge is 0.365 e. The molecule has 2 unspecified atom stereocenters. The maximum absolute atomic E-state index is 4.40. The van der Waals surface area contributed by atoms with Crippen LogP contribution in [0.15, 0.2) is 18.3 Å². The first-order chi connectivity index (χ1) is 8.09. The van der Waals surface area contributed by atoms with E-state index in [-0.39, 0.29) is 0 Å². The molecule has 1 aliphatic heterocycles. The van der Waals surface area contributed by atoms with E-state index < -0.39 is 0 Å². The molecule has 1 fully saturated rings. The summed E-state index contributed by atoms with van der Waals surface area (Å²) in [6.45, 7) is 11.1. The molecule has 0 aromatic carbocycles. The molecular weight excluding hydrogens is 210 g/mol. The van der Waals surface area contributed by atoms with Crippen LogP contribution in [-0.4, -0.2) is 30.2 Å². The van der Waals surface area contributed by atoms with Gasteiger partial charge in [-0.15, -0.1) is 0 Å². The van der Waals surface area contributed by atoms with Gasteiger partial charge in [0.05, 0.1) is 11.4 Å². The number of nitrogens with one attached hydrogen (secondary N) is 1. The van der Waals surface area contributed by atoms with Gasteiger partial charge in [0.15, 0.2) is 0 Å². The molecule has 0 aliphatic carbocycles. The maximum Gasteiger partial charge on any atom is 0.0605 e. The first-order valence-corrected chi connectivity index (χ1v) is 6.51. The lowest BCUT2D eigenvalue weighted by Gasteiger charge is -2.42. The topological polar surface area (TPSA) is 28.2 Å². The second-order valence-corrected chi connectivity index (χ2v) is 5.37. The predicted molar refractivity (Wildman–Crippen MR) is 72.4 cm³/mol. The number of rotatable bonds is 2. The Morgan fingerprint density at radius 2 is 2.24 bits per heavy atom. The summed E-state index contributed by atoms with van der Waals surface area (Å²) in [5, 5.41) is 3.63. The molecule has 3 heteroatoms. The van der Waals surface area contributed by atoms with Gasteiger partial charge >= 0.3 is 0 Å². The van der Waals surface area contributed by atoms with Gasteiger partial charge in [-0.1, -0.05) is 13.8 Å². The van der Waals surface area contributed by atoms with Gasteiger partial charge in [0.1, 0.15) is 0 Å². The molecule has 0 saturated carbocycles. The van der Waals surface area contributed by atoms with Gasteiger partial charge < -0.3 is 10.2 Å². The summed E-state index contributed by atoms with van der Waals surface area (Å²) < 4.78 is 0. The summed E-state index contributed by atoms with van der Waals surface area (Å²) in [4.78, 5) is 6.89. The van der Waals surface area contributed by atoms with Gasteiger partial charge in [0, 0.05) is 31.4 Å². The van der Waals surface area contributed by atoms with Crippen molar-refractivity contribution in [2.45, 2.75) is 39.8 Å². The Morgan fingerprint density at radius 3 is 2.88 bits per heavy atom. The highest BCUT2D eigenvalue weighted by atomic mass is 15.2. The fraction of sp³-hybridized carbons (Fsp3) is 0.643. The van der Waals surface area contributed by atoms with E-state index in [0.29, 0.717) is 18.0 Å². The van der Waals surface area contributed by atoms with Gasteiger partial charge in [-0.3, -0.25) is 4.98 Å². The average Bonchev–Trinajstić information content (AvgIpc) is 2.30. The van der Waals surface area contributed by atoms with Crippen molar-refractivity contribution in [3.8, 4) is 0 Å². The lowest BCUT2D eigenvalue weighted by molar-refractivity contribution is 0.336. The number of hydrogen-bond acceptors (Lipinski definition) is 3. The van der Waals surface area contributed by atoms with Crippen LogP contribution in [0.5, 0.6) is 0 Å². The van der Waals surface area contributed by atoms with Crippen LogP contribution in [0.25, 0.3) is 0 Å². The van der Waals surface area contributed by atoms with Crippen molar-refractivity contribution in [2.75, 3.05) is 18.0 Å². The predicted octanol–water partition coefficient (Wildman–Crippen LogP) is 2.21. The van der Waals surface area contributed by atoms with Gasteiger partial charge in [-0.2, -0.15) is 0 Å². The van der Waals surface area contributed by atoms with Crippen molar-refractivity contribution in [2.24, 2.45) is 5.92 Å². The number of aromatic nitrogens is 1. The van der Waals surface area contributed by atoms with Crippen molar-refractivity contribution in [3.05, 3.63) is 24.0 Å². The zero-order chi connectivity index (χ0) is 12.4. The van der Waals surface area contributed by atoms with Gasteiger partial charge in [0.25, 0.3) is 0 Å². The number of piperazine rings is 1. The first kappa shape index (κ1) is 12.4. The Labute approximate surface area is 104 Å². The number of aryl methyl sites for hydroxylation is 1. The summed E-state index contributed by atoms with van der Waals surface area (Å²) in [5.74, 6) is 0.668. The molecule has 1 N–H and O–H groups in total. The smallest absolute Gasteiger partial charge is 0.0605 e. The molecule has 2 atom stereocenters. The Morgan fingerprint density at radius 1 is 1.47 bits per heavy atom. The molecule has 0 spiro atoms. The molecule has 2 rings (SSSR count). The summed E-state index contributed by atoms with van der Waals surface area (Å²) in [6, 6.07) is 5.32. The molecule has 3 nitrogen and oxygen atoms in total. The van der Waals surface area contributed by atoms with Crippen LogP contribution in [0.3, 0.4) is 0 Å². The Balaban J connectivity index is 2.21. The molecule has 17 heavy (non-hydrogen) atoms. The van der Waals surface area contributed by atoms with E-state index in [9.17, 15) is 0 Å². The zero-order valence-corrected chi connectivity index (χ0v) is 11.3. The lowest BCUT2D eigenvalue weighted by Crippen LogP contribution is -2.57. The summed E-state index contributed by atoms with van der Waals surface area (Å²) >= 11 is 0. The van der Waals surface area contributed by atoms with Crippen LogP contribution in [-0.2, 0) is 0 Å². The third-order valence-electron chi connectivity index (χ3n) is 3.69.